The van der Waals surface area contributed by atoms with Gasteiger partial charge in [0.05, 0.1) is 11.6 Å². The maximum absolute atomic E-state index is 8.70. The predicted octanol–water partition coefficient (Wildman–Crippen LogP) is 4.83. The topological polar surface area (TPSA) is 33.0 Å². The number of halogens is 2. The smallest absolute Gasteiger partial charge is 0.132 e. The van der Waals surface area contributed by atoms with Gasteiger partial charge in [-0.25, -0.2) is 0 Å². The Labute approximate surface area is 115 Å². The fraction of sp³-hybridized carbons (Fsp3) is 0.0714. The van der Waals surface area contributed by atoms with Crippen LogP contribution in [-0.4, -0.2) is 0 Å². The molecule has 2 aromatic carbocycles. The number of hydrogen-bond donors (Lipinski definition) is 0. The minimum Gasteiger partial charge on any atom is -0.457 e. The third-order valence-electron chi connectivity index (χ3n) is 2.33. The van der Waals surface area contributed by atoms with Crippen LogP contribution in [0.25, 0.3) is 0 Å². The molecule has 2 rings (SSSR count). The summed E-state index contributed by atoms with van der Waals surface area (Å²) in [5.74, 6) is 1.32. The zero-order chi connectivity index (χ0) is 13.0. The molecule has 0 fully saturated rings. The maximum atomic E-state index is 8.70. The molecule has 0 saturated carbocycles. The largest absolute Gasteiger partial charge is 0.457 e. The summed E-state index contributed by atoms with van der Waals surface area (Å²) >= 11 is 11.6. The summed E-state index contributed by atoms with van der Waals surface area (Å²) in [6.07, 6.45) is 0. The van der Waals surface area contributed by atoms with E-state index in [2.05, 4.69) is 6.07 Å². The highest BCUT2D eigenvalue weighted by atomic mass is 35.5. The lowest BCUT2D eigenvalue weighted by atomic mass is 10.2. The summed E-state index contributed by atoms with van der Waals surface area (Å²) in [6.45, 7) is 0. The standard InChI is InChI=1S/C14H9Cl2NO/c15-14(16)11-2-1-3-13(8-11)18-12-6-4-10(9-17)5-7-12/h1-8,14H. The van der Waals surface area contributed by atoms with Crippen LogP contribution >= 0.6 is 23.2 Å². The van der Waals surface area contributed by atoms with Crippen molar-refractivity contribution >= 4 is 23.2 Å². The van der Waals surface area contributed by atoms with Gasteiger partial charge in [-0.05, 0) is 42.0 Å². The first-order valence-corrected chi connectivity index (χ1v) is 6.12. The first kappa shape index (κ1) is 12.8. The van der Waals surface area contributed by atoms with Crippen molar-refractivity contribution in [1.82, 2.24) is 0 Å². The molecule has 2 nitrogen and oxygen atoms in total. The molecule has 2 aromatic rings. The summed E-state index contributed by atoms with van der Waals surface area (Å²) in [5, 5.41) is 8.70. The van der Waals surface area contributed by atoms with Gasteiger partial charge in [-0.15, -0.1) is 23.2 Å². The van der Waals surface area contributed by atoms with Crippen LogP contribution in [0.4, 0.5) is 0 Å². The van der Waals surface area contributed by atoms with E-state index in [1.54, 1.807) is 30.3 Å². The van der Waals surface area contributed by atoms with Gasteiger partial charge < -0.3 is 4.74 Å². The quantitative estimate of drug-likeness (QED) is 0.753. The summed E-state index contributed by atoms with van der Waals surface area (Å²) in [5.41, 5.74) is 1.38. The van der Waals surface area contributed by atoms with Crippen molar-refractivity contribution in [3.05, 3.63) is 59.7 Å². The van der Waals surface area contributed by atoms with Gasteiger partial charge in [0.1, 0.15) is 16.3 Å². The molecule has 0 amide bonds. The van der Waals surface area contributed by atoms with Crippen LogP contribution in [0.15, 0.2) is 48.5 Å². The number of nitrogens with zero attached hydrogens (tertiary/aromatic N) is 1. The Balaban J connectivity index is 2.18. The summed E-state index contributed by atoms with van der Waals surface area (Å²) in [7, 11) is 0. The average Bonchev–Trinajstić information content (AvgIpc) is 2.40. The third kappa shape index (κ3) is 3.16. The maximum Gasteiger partial charge on any atom is 0.132 e. The molecule has 0 atom stereocenters. The average molecular weight is 278 g/mol. The Morgan fingerprint density at radius 1 is 1.00 bits per heavy atom. The number of hydrogen-bond acceptors (Lipinski definition) is 2. The van der Waals surface area contributed by atoms with Crippen molar-refractivity contribution in [2.75, 3.05) is 0 Å². The predicted molar refractivity (Wildman–Crippen MR) is 72.1 cm³/mol. The minimum atomic E-state index is -0.575. The van der Waals surface area contributed by atoms with E-state index in [9.17, 15) is 0 Å². The van der Waals surface area contributed by atoms with E-state index in [0.717, 1.165) is 5.56 Å². The van der Waals surface area contributed by atoms with Crippen LogP contribution in [0, 0.1) is 11.3 Å². The van der Waals surface area contributed by atoms with E-state index in [1.807, 2.05) is 18.2 Å². The summed E-state index contributed by atoms with van der Waals surface area (Å²) in [6, 6.07) is 16.2. The molecule has 0 saturated heterocycles. The van der Waals surface area contributed by atoms with Crippen molar-refractivity contribution in [3.63, 3.8) is 0 Å². The Hall–Kier alpha value is -1.69. The molecule has 0 bridgehead atoms. The van der Waals surface area contributed by atoms with Crippen LogP contribution in [-0.2, 0) is 0 Å². The first-order valence-electron chi connectivity index (χ1n) is 5.25. The number of rotatable bonds is 3. The Bertz CT molecular complexity index is 573. The van der Waals surface area contributed by atoms with Crippen LogP contribution in [0.2, 0.25) is 0 Å². The van der Waals surface area contributed by atoms with Crippen molar-refractivity contribution in [3.8, 4) is 17.6 Å². The SMILES string of the molecule is N#Cc1ccc(Oc2cccc(C(Cl)Cl)c2)cc1. The lowest BCUT2D eigenvalue weighted by Crippen LogP contribution is -1.87. The molecule has 0 unspecified atom stereocenters. The second-order valence-electron chi connectivity index (χ2n) is 3.61. The van der Waals surface area contributed by atoms with Crippen molar-refractivity contribution in [2.24, 2.45) is 0 Å². The van der Waals surface area contributed by atoms with Crippen LogP contribution < -0.4 is 4.74 Å². The first-order chi connectivity index (χ1) is 8.69. The molecule has 0 spiro atoms. The van der Waals surface area contributed by atoms with Gasteiger partial charge in [0.25, 0.3) is 0 Å². The molecule has 0 aliphatic carbocycles. The van der Waals surface area contributed by atoms with Crippen LogP contribution in [0.5, 0.6) is 11.5 Å². The number of alkyl halides is 2. The molecule has 18 heavy (non-hydrogen) atoms. The van der Waals surface area contributed by atoms with Gasteiger partial charge in [-0.3, -0.25) is 0 Å². The Morgan fingerprint density at radius 3 is 2.33 bits per heavy atom. The fourth-order valence-electron chi connectivity index (χ4n) is 1.45. The summed E-state index contributed by atoms with van der Waals surface area (Å²) < 4.78 is 5.64. The van der Waals surface area contributed by atoms with Crippen molar-refractivity contribution in [1.29, 1.82) is 5.26 Å². The Kier molecular flexibility index (Phi) is 4.09. The molecule has 0 aromatic heterocycles. The molecule has 0 N–H and O–H groups in total. The second-order valence-corrected chi connectivity index (χ2v) is 4.71. The lowest BCUT2D eigenvalue weighted by Gasteiger charge is -2.08. The summed E-state index contributed by atoms with van der Waals surface area (Å²) in [4.78, 5) is -0.575. The van der Waals surface area contributed by atoms with Gasteiger partial charge in [0, 0.05) is 0 Å². The van der Waals surface area contributed by atoms with Gasteiger partial charge in [0.2, 0.25) is 0 Å². The molecule has 0 radical (unpaired) electrons. The highest BCUT2D eigenvalue weighted by Gasteiger charge is 2.05. The number of ether oxygens (including phenoxy) is 1. The van der Waals surface area contributed by atoms with E-state index in [1.165, 1.54) is 0 Å². The van der Waals surface area contributed by atoms with E-state index < -0.39 is 4.84 Å². The molecular formula is C14H9Cl2NO. The zero-order valence-electron chi connectivity index (χ0n) is 9.31. The molecule has 90 valence electrons. The molecule has 4 heteroatoms. The van der Waals surface area contributed by atoms with Gasteiger partial charge >= 0.3 is 0 Å². The van der Waals surface area contributed by atoms with Gasteiger partial charge in [-0.2, -0.15) is 5.26 Å². The van der Waals surface area contributed by atoms with E-state index >= 15 is 0 Å². The minimum absolute atomic E-state index is 0.575. The normalized spacial score (nSPS) is 10.1. The zero-order valence-corrected chi connectivity index (χ0v) is 10.8. The highest BCUT2D eigenvalue weighted by molar-refractivity contribution is 6.44. The van der Waals surface area contributed by atoms with Crippen LogP contribution in [0.1, 0.15) is 16.0 Å². The lowest BCUT2D eigenvalue weighted by molar-refractivity contribution is 0.482. The van der Waals surface area contributed by atoms with E-state index in [-0.39, 0.29) is 0 Å². The third-order valence-corrected chi connectivity index (χ3v) is 2.83. The van der Waals surface area contributed by atoms with E-state index in [4.69, 9.17) is 33.2 Å². The molecule has 0 aliphatic rings. The molecule has 0 aliphatic heterocycles. The van der Waals surface area contributed by atoms with Crippen LogP contribution in [0.3, 0.4) is 0 Å². The van der Waals surface area contributed by atoms with E-state index in [0.29, 0.717) is 17.1 Å². The highest BCUT2D eigenvalue weighted by Crippen LogP contribution is 2.29. The molecule has 0 heterocycles. The number of benzene rings is 2. The van der Waals surface area contributed by atoms with Gasteiger partial charge in [0.15, 0.2) is 0 Å². The number of nitriles is 1. The van der Waals surface area contributed by atoms with Crippen molar-refractivity contribution < 1.29 is 4.74 Å². The molecular weight excluding hydrogens is 269 g/mol. The second kappa shape index (κ2) is 5.77. The van der Waals surface area contributed by atoms with Gasteiger partial charge in [-0.1, -0.05) is 12.1 Å². The monoisotopic (exact) mass is 277 g/mol. The van der Waals surface area contributed by atoms with Crippen molar-refractivity contribution in [2.45, 2.75) is 4.84 Å². The fourth-order valence-corrected chi connectivity index (χ4v) is 1.72. The Morgan fingerprint density at radius 2 is 1.72 bits per heavy atom.